The van der Waals surface area contributed by atoms with Crippen molar-refractivity contribution < 1.29 is 18.3 Å². The number of rotatable bonds is 4. The van der Waals surface area contributed by atoms with E-state index in [0.29, 0.717) is 5.56 Å². The third kappa shape index (κ3) is 2.36. The molecule has 0 radical (unpaired) electrons. The number of carbonyl (C=O) groups is 1. The molecule has 2 atom stereocenters. The Hall–Kier alpha value is -2.01. The number of nitrogens with two attached hydrogens (primary N) is 1. The predicted octanol–water partition coefficient (Wildman–Crippen LogP) is 2.74. The lowest BCUT2D eigenvalue weighted by atomic mass is 9.83. The molecular formula is C15H15F2NO2. The molecule has 1 aromatic rings. The minimum atomic E-state index is -2.60. The van der Waals surface area contributed by atoms with Gasteiger partial charge in [-0.2, -0.15) is 0 Å². The van der Waals surface area contributed by atoms with Gasteiger partial charge in [0.2, 0.25) is 5.91 Å². The summed E-state index contributed by atoms with van der Waals surface area (Å²) in [5, 5.41) is 0. The van der Waals surface area contributed by atoms with Crippen LogP contribution in [0.1, 0.15) is 12.5 Å². The van der Waals surface area contributed by atoms with Gasteiger partial charge < -0.3 is 10.5 Å². The molecule has 1 aromatic carbocycles. The van der Waals surface area contributed by atoms with Crippen molar-refractivity contribution in [1.82, 2.24) is 0 Å². The normalized spacial score (nSPS) is 25.9. The Bertz CT molecular complexity index is 568. The van der Waals surface area contributed by atoms with E-state index < -0.39 is 23.5 Å². The lowest BCUT2D eigenvalue weighted by molar-refractivity contribution is -0.151. The van der Waals surface area contributed by atoms with Gasteiger partial charge in [-0.3, -0.25) is 4.79 Å². The molecule has 1 amide bonds. The Morgan fingerprint density at radius 3 is 2.55 bits per heavy atom. The summed E-state index contributed by atoms with van der Waals surface area (Å²) >= 11 is 0. The highest BCUT2D eigenvalue weighted by atomic mass is 19.2. The number of halogens is 2. The summed E-state index contributed by atoms with van der Waals surface area (Å²) in [4.78, 5) is 11.4. The highest BCUT2D eigenvalue weighted by Crippen LogP contribution is 2.44. The van der Waals surface area contributed by atoms with Crippen molar-refractivity contribution in [2.24, 2.45) is 11.7 Å². The number of hydrogen-bond acceptors (Lipinski definition) is 2. The third-order valence-electron chi connectivity index (χ3n) is 3.15. The molecule has 1 aliphatic carbocycles. The molecule has 0 aromatic heterocycles. The second kappa shape index (κ2) is 5.54. The maximum absolute atomic E-state index is 15.2. The third-order valence-corrected chi connectivity index (χ3v) is 3.15. The molecule has 0 aliphatic heterocycles. The molecule has 20 heavy (non-hydrogen) atoms. The van der Waals surface area contributed by atoms with E-state index in [0.717, 1.165) is 6.08 Å². The van der Waals surface area contributed by atoms with E-state index in [1.165, 1.54) is 6.08 Å². The Morgan fingerprint density at radius 2 is 2.00 bits per heavy atom. The molecular weight excluding hydrogens is 264 g/mol. The number of amides is 1. The molecule has 106 valence electrons. The van der Waals surface area contributed by atoms with Crippen molar-refractivity contribution in [2.75, 3.05) is 6.61 Å². The molecule has 1 aliphatic rings. The maximum atomic E-state index is 15.2. The van der Waals surface area contributed by atoms with E-state index in [4.69, 9.17) is 10.5 Å². The molecule has 0 saturated heterocycles. The van der Waals surface area contributed by atoms with Gasteiger partial charge >= 0.3 is 0 Å². The van der Waals surface area contributed by atoms with Crippen molar-refractivity contribution in [1.29, 1.82) is 0 Å². The SMILES string of the molecule is CCOC1(F)C(c2ccccc2)=CC=C(F)C1C(N)=O. The van der Waals surface area contributed by atoms with Crippen LogP contribution in [0.15, 0.2) is 48.3 Å². The van der Waals surface area contributed by atoms with Gasteiger partial charge in [0.1, 0.15) is 5.83 Å². The second-order valence-electron chi connectivity index (χ2n) is 4.41. The molecule has 0 spiro atoms. The Labute approximate surface area is 115 Å². The quantitative estimate of drug-likeness (QED) is 0.921. The fraction of sp³-hybridized carbons (Fsp3) is 0.267. The van der Waals surface area contributed by atoms with Crippen LogP contribution in [0.25, 0.3) is 5.57 Å². The maximum Gasteiger partial charge on any atom is 0.254 e. The molecule has 2 unspecified atom stereocenters. The number of ether oxygens (including phenoxy) is 1. The standard InChI is InChI=1S/C15H15F2NO2/c1-2-20-15(17)11(10-6-4-3-5-7-10)8-9-12(16)13(15)14(18)19/h3-9,13H,2H2,1H3,(H2,18,19). The van der Waals surface area contributed by atoms with Crippen LogP contribution < -0.4 is 5.73 Å². The number of primary amides is 1. The van der Waals surface area contributed by atoms with Crippen LogP contribution in [0.4, 0.5) is 8.78 Å². The van der Waals surface area contributed by atoms with Crippen molar-refractivity contribution in [3.05, 3.63) is 53.9 Å². The van der Waals surface area contributed by atoms with E-state index in [1.807, 2.05) is 0 Å². The van der Waals surface area contributed by atoms with Crippen LogP contribution in [-0.2, 0) is 9.53 Å². The molecule has 5 heteroatoms. The van der Waals surface area contributed by atoms with E-state index in [9.17, 15) is 9.18 Å². The Balaban J connectivity index is 2.56. The highest BCUT2D eigenvalue weighted by molar-refractivity contribution is 5.87. The second-order valence-corrected chi connectivity index (χ2v) is 4.41. The molecule has 0 heterocycles. The predicted molar refractivity (Wildman–Crippen MR) is 71.8 cm³/mol. The molecule has 2 N–H and O–H groups in total. The average Bonchev–Trinajstić information content (AvgIpc) is 2.39. The van der Waals surface area contributed by atoms with Crippen LogP contribution >= 0.6 is 0 Å². The van der Waals surface area contributed by atoms with Crippen LogP contribution in [0, 0.1) is 5.92 Å². The van der Waals surface area contributed by atoms with Crippen LogP contribution in [-0.4, -0.2) is 18.4 Å². The van der Waals surface area contributed by atoms with Crippen molar-refractivity contribution in [3.8, 4) is 0 Å². The van der Waals surface area contributed by atoms with Crippen molar-refractivity contribution in [2.45, 2.75) is 12.8 Å². The molecule has 3 nitrogen and oxygen atoms in total. The summed E-state index contributed by atoms with van der Waals surface area (Å²) in [6, 6.07) is 8.53. The van der Waals surface area contributed by atoms with E-state index in [-0.39, 0.29) is 12.2 Å². The summed E-state index contributed by atoms with van der Waals surface area (Å²) in [6.45, 7) is 1.55. The lowest BCUT2D eigenvalue weighted by Gasteiger charge is -2.35. The fourth-order valence-electron chi connectivity index (χ4n) is 2.31. The van der Waals surface area contributed by atoms with Crippen LogP contribution in [0.3, 0.4) is 0 Å². The van der Waals surface area contributed by atoms with E-state index in [2.05, 4.69) is 0 Å². The van der Waals surface area contributed by atoms with Gasteiger partial charge in [-0.05, 0) is 18.6 Å². The number of benzene rings is 1. The highest BCUT2D eigenvalue weighted by Gasteiger charge is 2.51. The van der Waals surface area contributed by atoms with Crippen molar-refractivity contribution in [3.63, 3.8) is 0 Å². The Kier molecular flexibility index (Phi) is 3.99. The summed E-state index contributed by atoms with van der Waals surface area (Å²) < 4.78 is 34.1. The van der Waals surface area contributed by atoms with Gasteiger partial charge in [0.05, 0.1) is 0 Å². The monoisotopic (exact) mass is 279 g/mol. The first-order valence-electron chi connectivity index (χ1n) is 6.26. The van der Waals surface area contributed by atoms with Gasteiger partial charge in [-0.25, -0.2) is 8.78 Å². The number of hydrogen-bond donors (Lipinski definition) is 1. The smallest absolute Gasteiger partial charge is 0.254 e. The first kappa shape index (κ1) is 14.4. The largest absolute Gasteiger partial charge is 0.369 e. The molecule has 0 fully saturated rings. The molecule has 0 bridgehead atoms. The number of alkyl halides is 1. The number of carbonyl (C=O) groups excluding carboxylic acids is 1. The van der Waals surface area contributed by atoms with E-state index in [1.54, 1.807) is 37.3 Å². The fourth-order valence-corrected chi connectivity index (χ4v) is 2.31. The zero-order valence-corrected chi connectivity index (χ0v) is 11.0. The first-order chi connectivity index (χ1) is 9.50. The van der Waals surface area contributed by atoms with Crippen molar-refractivity contribution >= 4 is 11.5 Å². The van der Waals surface area contributed by atoms with Gasteiger partial charge in [-0.15, -0.1) is 0 Å². The minimum absolute atomic E-state index is 0.0161. The zero-order chi connectivity index (χ0) is 14.8. The summed E-state index contributed by atoms with van der Waals surface area (Å²) in [6.07, 6.45) is 2.33. The van der Waals surface area contributed by atoms with E-state index >= 15 is 4.39 Å². The summed E-state index contributed by atoms with van der Waals surface area (Å²) in [5.41, 5.74) is 5.74. The molecule has 0 saturated carbocycles. The van der Waals surface area contributed by atoms with Gasteiger partial charge in [0.25, 0.3) is 5.85 Å². The first-order valence-corrected chi connectivity index (χ1v) is 6.26. The molecule has 2 rings (SSSR count). The topological polar surface area (TPSA) is 52.3 Å². The zero-order valence-electron chi connectivity index (χ0n) is 11.0. The Morgan fingerprint density at radius 1 is 1.35 bits per heavy atom. The van der Waals surface area contributed by atoms with Gasteiger partial charge in [0, 0.05) is 12.2 Å². The number of allylic oxidation sites excluding steroid dienone is 2. The minimum Gasteiger partial charge on any atom is -0.369 e. The summed E-state index contributed by atoms with van der Waals surface area (Å²) in [5.74, 6) is -6.41. The van der Waals surface area contributed by atoms with Gasteiger partial charge in [0.15, 0.2) is 5.92 Å². The van der Waals surface area contributed by atoms with Gasteiger partial charge in [-0.1, -0.05) is 36.4 Å². The van der Waals surface area contributed by atoms with Crippen LogP contribution in [0.2, 0.25) is 0 Å². The average molecular weight is 279 g/mol. The lowest BCUT2D eigenvalue weighted by Crippen LogP contribution is -2.46. The van der Waals surface area contributed by atoms with Crippen LogP contribution in [0.5, 0.6) is 0 Å². The summed E-state index contributed by atoms with van der Waals surface area (Å²) in [7, 11) is 0.